The van der Waals surface area contributed by atoms with Crippen molar-refractivity contribution in [1.29, 1.82) is 0 Å². The number of carbonyl (C=O) groups is 2. The second-order valence-electron chi connectivity index (χ2n) is 10.3. The summed E-state index contributed by atoms with van der Waals surface area (Å²) in [4.78, 5) is 28.2. The van der Waals surface area contributed by atoms with Gasteiger partial charge < -0.3 is 20.9 Å². The standard InChI is InChI=1S/C27H33F3N4O2/c28-27(29,30)16-31-26(36)33-22-13-7-5-11-19(22)25(35)34-15-14-20-23(17-8-2-1-3-9-17)32-21-12-6-4-10-18(21)24(20)34/h1-4,6,8,10,12,17,19-20,22-24,32H,5,7,9,11,13-16H2,(H2,31,33,36)/t17?,19-,20+,22+,23-,24-/m0/s1. The van der Waals surface area contributed by atoms with Gasteiger partial charge in [0.2, 0.25) is 5.91 Å². The molecule has 5 rings (SSSR count). The van der Waals surface area contributed by atoms with Gasteiger partial charge in [0, 0.05) is 36.2 Å². The van der Waals surface area contributed by atoms with Crippen LogP contribution in [-0.2, 0) is 4.79 Å². The second-order valence-corrected chi connectivity index (χ2v) is 10.3. The van der Waals surface area contributed by atoms with E-state index in [4.69, 9.17) is 0 Å². The number of rotatable bonds is 4. The zero-order valence-corrected chi connectivity index (χ0v) is 20.1. The van der Waals surface area contributed by atoms with Crippen LogP contribution in [0.3, 0.4) is 0 Å². The molecular formula is C27H33F3N4O2. The predicted molar refractivity (Wildman–Crippen MR) is 131 cm³/mol. The van der Waals surface area contributed by atoms with Gasteiger partial charge in [-0.2, -0.15) is 13.2 Å². The zero-order chi connectivity index (χ0) is 25.3. The number of halogens is 3. The fraction of sp³-hybridized carbons (Fsp3) is 0.556. The maximum atomic E-state index is 14.0. The molecule has 3 amide bonds. The number of urea groups is 1. The number of carbonyl (C=O) groups excluding carboxylic acids is 2. The van der Waals surface area contributed by atoms with Gasteiger partial charge in [0.1, 0.15) is 6.54 Å². The number of alkyl halides is 3. The van der Waals surface area contributed by atoms with Crippen LogP contribution >= 0.6 is 0 Å². The molecule has 0 bridgehead atoms. The first-order chi connectivity index (χ1) is 17.3. The highest BCUT2D eigenvalue weighted by atomic mass is 19.4. The molecule has 2 fully saturated rings. The third-order valence-corrected chi connectivity index (χ3v) is 8.11. The van der Waals surface area contributed by atoms with E-state index in [9.17, 15) is 22.8 Å². The number of hydrogen-bond donors (Lipinski definition) is 3. The summed E-state index contributed by atoms with van der Waals surface area (Å²) in [5, 5.41) is 8.31. The number of para-hydroxylation sites is 1. The highest BCUT2D eigenvalue weighted by molar-refractivity contribution is 5.82. The Labute approximate surface area is 209 Å². The van der Waals surface area contributed by atoms with Gasteiger partial charge in [-0.3, -0.25) is 4.79 Å². The number of likely N-dealkylation sites (tertiary alicyclic amines) is 1. The van der Waals surface area contributed by atoms with Crippen LogP contribution < -0.4 is 16.0 Å². The molecule has 36 heavy (non-hydrogen) atoms. The topological polar surface area (TPSA) is 73.5 Å². The Morgan fingerprint density at radius 2 is 1.89 bits per heavy atom. The van der Waals surface area contributed by atoms with Gasteiger partial charge in [0.15, 0.2) is 0 Å². The lowest BCUT2D eigenvalue weighted by atomic mass is 9.75. The summed E-state index contributed by atoms with van der Waals surface area (Å²) in [6, 6.07) is 6.95. The van der Waals surface area contributed by atoms with Crippen molar-refractivity contribution in [3.63, 3.8) is 0 Å². The molecule has 1 saturated heterocycles. The van der Waals surface area contributed by atoms with E-state index in [-0.39, 0.29) is 23.9 Å². The maximum Gasteiger partial charge on any atom is 0.405 e. The van der Waals surface area contributed by atoms with Crippen LogP contribution in [0.4, 0.5) is 23.7 Å². The van der Waals surface area contributed by atoms with Gasteiger partial charge in [-0.25, -0.2) is 4.79 Å². The van der Waals surface area contributed by atoms with Crippen LogP contribution in [0.25, 0.3) is 0 Å². The van der Waals surface area contributed by atoms with E-state index < -0.39 is 30.7 Å². The molecule has 1 aromatic rings. The van der Waals surface area contributed by atoms with Gasteiger partial charge in [-0.05, 0) is 37.3 Å². The minimum atomic E-state index is -4.48. The highest BCUT2D eigenvalue weighted by Crippen LogP contribution is 2.49. The zero-order valence-electron chi connectivity index (χ0n) is 20.1. The third-order valence-electron chi connectivity index (χ3n) is 8.11. The van der Waals surface area contributed by atoms with Crippen molar-refractivity contribution >= 4 is 17.6 Å². The van der Waals surface area contributed by atoms with E-state index in [1.807, 2.05) is 22.3 Å². The molecule has 0 radical (unpaired) electrons. The molecular weight excluding hydrogens is 469 g/mol. The Balaban J connectivity index is 1.35. The Bertz CT molecular complexity index is 1040. The molecule has 1 unspecified atom stereocenters. The number of amides is 3. The van der Waals surface area contributed by atoms with Gasteiger partial charge in [-0.15, -0.1) is 0 Å². The molecule has 3 N–H and O–H groups in total. The van der Waals surface area contributed by atoms with Crippen molar-refractivity contribution in [3.8, 4) is 0 Å². The average Bonchev–Trinajstić information content (AvgIpc) is 3.33. The predicted octanol–water partition coefficient (Wildman–Crippen LogP) is 4.92. The van der Waals surface area contributed by atoms with Crippen LogP contribution in [0.5, 0.6) is 0 Å². The molecule has 2 aliphatic carbocycles. The van der Waals surface area contributed by atoms with Crippen molar-refractivity contribution in [2.24, 2.45) is 17.8 Å². The van der Waals surface area contributed by atoms with Gasteiger partial charge in [0.25, 0.3) is 0 Å². The van der Waals surface area contributed by atoms with Crippen LogP contribution in [0.1, 0.15) is 50.1 Å². The second kappa shape index (κ2) is 10.2. The Morgan fingerprint density at radius 1 is 1.08 bits per heavy atom. The molecule has 1 saturated carbocycles. The summed E-state index contributed by atoms with van der Waals surface area (Å²) in [5.41, 5.74) is 2.17. The number of anilines is 1. The molecule has 2 heterocycles. The van der Waals surface area contributed by atoms with E-state index in [0.717, 1.165) is 36.9 Å². The number of benzene rings is 1. The van der Waals surface area contributed by atoms with Gasteiger partial charge in [0.05, 0.1) is 12.0 Å². The molecule has 0 spiro atoms. The quantitative estimate of drug-likeness (QED) is 0.547. The molecule has 9 heteroatoms. The summed E-state index contributed by atoms with van der Waals surface area (Å²) in [6.45, 7) is -0.757. The summed E-state index contributed by atoms with van der Waals surface area (Å²) in [5.74, 6) is 0.160. The lowest BCUT2D eigenvalue weighted by molar-refractivity contribution is -0.139. The Morgan fingerprint density at radius 3 is 2.67 bits per heavy atom. The highest BCUT2D eigenvalue weighted by Gasteiger charge is 2.49. The molecule has 6 nitrogen and oxygen atoms in total. The number of nitrogens with one attached hydrogen (secondary N) is 3. The number of nitrogens with zero attached hydrogens (tertiary/aromatic N) is 1. The SMILES string of the molecule is O=C(NCC(F)(F)F)N[C@@H]1CCCC[C@@H]1C(=O)N1CC[C@@H]2[C@H](C3C=CC=CC3)Nc3ccccc3[C@@H]21. The first kappa shape index (κ1) is 24.7. The first-order valence-electron chi connectivity index (χ1n) is 12.9. The molecule has 6 atom stereocenters. The van der Waals surface area contributed by atoms with Crippen molar-refractivity contribution in [2.75, 3.05) is 18.4 Å². The molecule has 1 aromatic carbocycles. The normalized spacial score (nSPS) is 31.2. The number of fused-ring (bicyclic) bond motifs is 3. The number of allylic oxidation sites excluding steroid dienone is 3. The maximum absolute atomic E-state index is 14.0. The van der Waals surface area contributed by atoms with E-state index in [1.54, 1.807) is 0 Å². The van der Waals surface area contributed by atoms with Crippen molar-refractivity contribution in [1.82, 2.24) is 15.5 Å². The van der Waals surface area contributed by atoms with Gasteiger partial charge in [-0.1, -0.05) is 55.3 Å². The number of hydrogen-bond acceptors (Lipinski definition) is 3. The van der Waals surface area contributed by atoms with Crippen molar-refractivity contribution < 1.29 is 22.8 Å². The smallest absolute Gasteiger partial charge is 0.381 e. The molecule has 2 aliphatic heterocycles. The minimum absolute atomic E-state index is 0.00198. The van der Waals surface area contributed by atoms with Crippen LogP contribution in [0.15, 0.2) is 48.6 Å². The lowest BCUT2D eigenvalue weighted by Crippen LogP contribution is -2.53. The van der Waals surface area contributed by atoms with E-state index in [1.165, 1.54) is 0 Å². The minimum Gasteiger partial charge on any atom is -0.381 e. The van der Waals surface area contributed by atoms with Crippen LogP contribution in [0, 0.1) is 17.8 Å². The first-order valence-corrected chi connectivity index (χ1v) is 12.9. The molecule has 0 aromatic heterocycles. The summed E-state index contributed by atoms with van der Waals surface area (Å²) < 4.78 is 37.6. The Kier molecular flexibility index (Phi) is 6.99. The van der Waals surface area contributed by atoms with Crippen molar-refractivity contribution in [2.45, 2.75) is 62.8 Å². The fourth-order valence-electron chi connectivity index (χ4n) is 6.51. The molecule has 4 aliphatic rings. The Hall–Kier alpha value is -2.97. The van der Waals surface area contributed by atoms with Crippen LogP contribution in [0.2, 0.25) is 0 Å². The average molecular weight is 503 g/mol. The van der Waals surface area contributed by atoms with Gasteiger partial charge >= 0.3 is 12.2 Å². The third kappa shape index (κ3) is 5.11. The monoisotopic (exact) mass is 502 g/mol. The molecule has 194 valence electrons. The summed E-state index contributed by atoms with van der Waals surface area (Å²) in [7, 11) is 0. The summed E-state index contributed by atoms with van der Waals surface area (Å²) in [6.07, 6.45) is 8.83. The van der Waals surface area contributed by atoms with E-state index in [0.29, 0.717) is 25.3 Å². The lowest BCUT2D eigenvalue weighted by Gasteiger charge is -2.44. The summed E-state index contributed by atoms with van der Waals surface area (Å²) >= 11 is 0. The van der Waals surface area contributed by atoms with E-state index >= 15 is 0 Å². The van der Waals surface area contributed by atoms with Crippen LogP contribution in [-0.4, -0.2) is 48.2 Å². The largest absolute Gasteiger partial charge is 0.405 e. The van der Waals surface area contributed by atoms with E-state index in [2.05, 4.69) is 47.1 Å². The fourth-order valence-corrected chi connectivity index (χ4v) is 6.51. The van der Waals surface area contributed by atoms with Crippen molar-refractivity contribution in [3.05, 3.63) is 54.1 Å².